The Morgan fingerprint density at radius 1 is 0.485 bits per heavy atom. The van der Waals surface area contributed by atoms with E-state index in [1.165, 1.54) is 21.9 Å². The third kappa shape index (κ3) is 2.76. The van der Waals surface area contributed by atoms with Gasteiger partial charge in [0.05, 0.1) is 16.7 Å². The first-order chi connectivity index (χ1) is 16.4. The molecule has 0 amide bonds. The zero-order valence-electron chi connectivity index (χ0n) is 17.7. The molecule has 6 aromatic rings. The van der Waals surface area contributed by atoms with Crippen molar-refractivity contribution in [2.45, 2.75) is 0 Å². The number of aromatic nitrogens is 1. The molecule has 0 radical (unpaired) electrons. The molecule has 3 heteroatoms. The quantitative estimate of drug-likeness (QED) is 0.278. The molecule has 0 fully saturated rings. The van der Waals surface area contributed by atoms with Gasteiger partial charge in [0.15, 0.2) is 23.0 Å². The summed E-state index contributed by atoms with van der Waals surface area (Å²) in [6.07, 6.45) is 0. The maximum absolute atomic E-state index is 6.19. The van der Waals surface area contributed by atoms with Crippen molar-refractivity contribution in [2.75, 3.05) is 0 Å². The van der Waals surface area contributed by atoms with Gasteiger partial charge in [0.2, 0.25) is 0 Å². The Bertz CT molecular complexity index is 1660. The standard InChI is InChI=1S/C30H19NO2/c1-2-9-20(10-3-1)22-12-8-14-25-30(22)23-11-4-5-13-24(23)31(25)21-17-18-28-29(19-21)33-27-16-7-6-15-26(27)32-28/h1-19H. The van der Waals surface area contributed by atoms with Gasteiger partial charge < -0.3 is 14.0 Å². The molecule has 0 saturated carbocycles. The summed E-state index contributed by atoms with van der Waals surface area (Å²) in [6.45, 7) is 0. The van der Waals surface area contributed by atoms with Crippen molar-refractivity contribution in [3.63, 3.8) is 0 Å². The van der Waals surface area contributed by atoms with Crippen molar-refractivity contribution in [2.24, 2.45) is 0 Å². The maximum Gasteiger partial charge on any atom is 0.172 e. The zero-order chi connectivity index (χ0) is 21.8. The van der Waals surface area contributed by atoms with Crippen LogP contribution in [-0.4, -0.2) is 4.57 Å². The Balaban J connectivity index is 1.48. The summed E-state index contributed by atoms with van der Waals surface area (Å²) >= 11 is 0. The van der Waals surface area contributed by atoms with E-state index in [2.05, 4.69) is 89.5 Å². The van der Waals surface area contributed by atoms with E-state index in [1.54, 1.807) is 0 Å². The SMILES string of the molecule is c1ccc(-c2cccc3c2c2ccccc2n3-c2ccc3c(c2)Oc2ccccc2O3)cc1. The van der Waals surface area contributed by atoms with Crippen molar-refractivity contribution in [3.8, 4) is 39.8 Å². The minimum Gasteiger partial charge on any atom is -0.450 e. The Morgan fingerprint density at radius 3 is 2.00 bits per heavy atom. The molecule has 1 aliphatic rings. The third-order valence-electron chi connectivity index (χ3n) is 6.26. The highest BCUT2D eigenvalue weighted by Crippen LogP contribution is 2.46. The van der Waals surface area contributed by atoms with Gasteiger partial charge in [-0.05, 0) is 47.5 Å². The molecule has 5 aromatic carbocycles. The molecule has 0 N–H and O–H groups in total. The molecule has 33 heavy (non-hydrogen) atoms. The van der Waals surface area contributed by atoms with Crippen molar-refractivity contribution in [1.82, 2.24) is 4.57 Å². The van der Waals surface area contributed by atoms with E-state index in [4.69, 9.17) is 9.47 Å². The molecule has 156 valence electrons. The van der Waals surface area contributed by atoms with E-state index >= 15 is 0 Å². The maximum atomic E-state index is 6.19. The van der Waals surface area contributed by atoms with Gasteiger partial charge in [-0.15, -0.1) is 0 Å². The zero-order valence-corrected chi connectivity index (χ0v) is 17.7. The minimum atomic E-state index is 0.719. The van der Waals surface area contributed by atoms with Gasteiger partial charge in [0.25, 0.3) is 0 Å². The molecule has 7 rings (SSSR count). The molecule has 0 bridgehead atoms. The van der Waals surface area contributed by atoms with Crippen LogP contribution < -0.4 is 9.47 Å². The highest BCUT2D eigenvalue weighted by Gasteiger charge is 2.21. The minimum absolute atomic E-state index is 0.719. The van der Waals surface area contributed by atoms with E-state index in [0.29, 0.717) is 0 Å². The van der Waals surface area contributed by atoms with Crippen LogP contribution in [0.25, 0.3) is 38.6 Å². The normalized spacial score (nSPS) is 12.1. The second-order valence-corrected chi connectivity index (χ2v) is 8.20. The molecule has 0 spiro atoms. The van der Waals surface area contributed by atoms with Gasteiger partial charge in [-0.3, -0.25) is 0 Å². The van der Waals surface area contributed by atoms with Gasteiger partial charge in [-0.1, -0.05) is 72.8 Å². The number of rotatable bonds is 2. The average Bonchev–Trinajstić information content (AvgIpc) is 3.22. The molecule has 3 nitrogen and oxygen atoms in total. The van der Waals surface area contributed by atoms with Gasteiger partial charge >= 0.3 is 0 Å². The summed E-state index contributed by atoms with van der Waals surface area (Å²) in [5, 5.41) is 2.48. The van der Waals surface area contributed by atoms with Crippen molar-refractivity contribution < 1.29 is 9.47 Å². The monoisotopic (exact) mass is 425 g/mol. The predicted octanol–water partition coefficient (Wildman–Crippen LogP) is 8.35. The van der Waals surface area contributed by atoms with E-state index in [0.717, 1.165) is 39.7 Å². The predicted molar refractivity (Wildman–Crippen MR) is 133 cm³/mol. The van der Waals surface area contributed by atoms with Crippen LogP contribution in [0.3, 0.4) is 0 Å². The summed E-state index contributed by atoms with van der Waals surface area (Å²) in [5.41, 5.74) is 5.80. The highest BCUT2D eigenvalue weighted by molar-refractivity contribution is 6.15. The molecule has 0 saturated heterocycles. The fourth-order valence-electron chi connectivity index (χ4n) is 4.81. The Hall–Kier alpha value is -4.50. The summed E-state index contributed by atoms with van der Waals surface area (Å²) < 4.78 is 14.6. The number of hydrogen-bond acceptors (Lipinski definition) is 2. The third-order valence-corrected chi connectivity index (χ3v) is 6.26. The summed E-state index contributed by atoms with van der Waals surface area (Å²) in [4.78, 5) is 0. The Labute approximate surface area is 191 Å². The number of nitrogens with zero attached hydrogens (tertiary/aromatic N) is 1. The lowest BCUT2D eigenvalue weighted by Crippen LogP contribution is -2.01. The Morgan fingerprint density at radius 2 is 1.15 bits per heavy atom. The number of ether oxygens (including phenoxy) is 2. The second-order valence-electron chi connectivity index (χ2n) is 8.20. The molecular weight excluding hydrogens is 406 g/mol. The van der Waals surface area contributed by atoms with E-state index in [9.17, 15) is 0 Å². The summed E-state index contributed by atoms with van der Waals surface area (Å²) in [5.74, 6) is 2.91. The smallest absolute Gasteiger partial charge is 0.172 e. The van der Waals surface area contributed by atoms with Crippen LogP contribution in [0.15, 0.2) is 115 Å². The fourth-order valence-corrected chi connectivity index (χ4v) is 4.81. The molecular formula is C30H19NO2. The second kappa shape index (κ2) is 7.01. The van der Waals surface area contributed by atoms with E-state index < -0.39 is 0 Å². The average molecular weight is 425 g/mol. The molecule has 1 aromatic heterocycles. The van der Waals surface area contributed by atoms with Crippen LogP contribution in [-0.2, 0) is 0 Å². The molecule has 0 unspecified atom stereocenters. The van der Waals surface area contributed by atoms with Crippen LogP contribution in [0, 0.1) is 0 Å². The van der Waals surface area contributed by atoms with Crippen LogP contribution in [0.1, 0.15) is 0 Å². The van der Waals surface area contributed by atoms with Gasteiger partial charge in [0.1, 0.15) is 0 Å². The molecule has 2 heterocycles. The topological polar surface area (TPSA) is 23.4 Å². The lowest BCUT2D eigenvalue weighted by atomic mass is 9.99. The van der Waals surface area contributed by atoms with Crippen molar-refractivity contribution >= 4 is 21.8 Å². The number of para-hydroxylation sites is 3. The first kappa shape index (κ1) is 18.1. The largest absolute Gasteiger partial charge is 0.450 e. The van der Waals surface area contributed by atoms with Crippen LogP contribution in [0.4, 0.5) is 0 Å². The van der Waals surface area contributed by atoms with Crippen LogP contribution >= 0.6 is 0 Å². The van der Waals surface area contributed by atoms with E-state index in [1.807, 2.05) is 30.3 Å². The first-order valence-electron chi connectivity index (χ1n) is 11.0. The molecule has 0 aliphatic carbocycles. The Kier molecular flexibility index (Phi) is 3.84. The van der Waals surface area contributed by atoms with Crippen molar-refractivity contribution in [1.29, 1.82) is 0 Å². The number of fused-ring (bicyclic) bond motifs is 5. The highest BCUT2D eigenvalue weighted by atomic mass is 16.6. The number of benzene rings is 5. The van der Waals surface area contributed by atoms with Crippen LogP contribution in [0.2, 0.25) is 0 Å². The lowest BCUT2D eigenvalue weighted by molar-refractivity contribution is 0.359. The first-order valence-corrected chi connectivity index (χ1v) is 11.0. The van der Waals surface area contributed by atoms with Gasteiger partial charge in [-0.2, -0.15) is 0 Å². The van der Waals surface area contributed by atoms with E-state index in [-0.39, 0.29) is 0 Å². The lowest BCUT2D eigenvalue weighted by Gasteiger charge is -2.21. The van der Waals surface area contributed by atoms with Gasteiger partial charge in [0, 0.05) is 16.8 Å². The fraction of sp³-hybridized carbons (Fsp3) is 0. The van der Waals surface area contributed by atoms with Crippen molar-refractivity contribution in [3.05, 3.63) is 115 Å². The summed E-state index contributed by atoms with van der Waals surface area (Å²) in [6, 6.07) is 39.6. The molecule has 0 atom stereocenters. The number of hydrogen-bond donors (Lipinski definition) is 0. The van der Waals surface area contributed by atoms with Crippen LogP contribution in [0.5, 0.6) is 23.0 Å². The summed E-state index contributed by atoms with van der Waals surface area (Å²) in [7, 11) is 0. The molecule has 1 aliphatic heterocycles. The van der Waals surface area contributed by atoms with Gasteiger partial charge in [-0.25, -0.2) is 0 Å².